The highest BCUT2D eigenvalue weighted by Gasteiger charge is 2.22. The molecule has 0 aromatic carbocycles. The van der Waals surface area contributed by atoms with Gasteiger partial charge in [-0.15, -0.1) is 11.3 Å². The van der Waals surface area contributed by atoms with Crippen LogP contribution in [-0.4, -0.2) is 28.9 Å². The molecule has 1 atom stereocenters. The van der Waals surface area contributed by atoms with Gasteiger partial charge in [0.1, 0.15) is 5.76 Å². The molecule has 136 valence electrons. The van der Waals surface area contributed by atoms with E-state index in [9.17, 15) is 4.79 Å². The first-order chi connectivity index (χ1) is 12.1. The van der Waals surface area contributed by atoms with Crippen LogP contribution in [0.4, 0.5) is 0 Å². The molecule has 2 aromatic heterocycles. The van der Waals surface area contributed by atoms with Crippen molar-refractivity contribution >= 4 is 17.2 Å². The number of carbonyl (C=O) groups is 1. The van der Waals surface area contributed by atoms with E-state index in [2.05, 4.69) is 29.0 Å². The van der Waals surface area contributed by atoms with E-state index in [1.807, 2.05) is 13.0 Å². The van der Waals surface area contributed by atoms with Crippen LogP contribution in [0.5, 0.6) is 0 Å². The number of hydrogen-bond donors (Lipinski definition) is 1. The molecule has 1 saturated heterocycles. The Balaban J connectivity index is 1.59. The second kappa shape index (κ2) is 8.15. The van der Waals surface area contributed by atoms with Crippen LogP contribution >= 0.6 is 11.3 Å². The van der Waals surface area contributed by atoms with Gasteiger partial charge in [0.2, 0.25) is 0 Å². The summed E-state index contributed by atoms with van der Waals surface area (Å²) in [6.07, 6.45) is 4.72. The van der Waals surface area contributed by atoms with Gasteiger partial charge < -0.3 is 9.73 Å². The zero-order valence-electron chi connectivity index (χ0n) is 15.3. The zero-order valence-corrected chi connectivity index (χ0v) is 16.1. The number of nitrogens with zero attached hydrogens (tertiary/aromatic N) is 2. The standard InChI is InChI=1S/C19H27N3O2S/c1-4-18-21-13(2)17(25-18)12-20-19(23)16-9-8-15(24-16)14(3)22-10-6-5-7-11-22/h8-9,14H,4-7,10-12H2,1-3H3,(H,20,23)/t14-/m1/s1. The Labute approximate surface area is 153 Å². The molecule has 1 N–H and O–H groups in total. The molecule has 0 saturated carbocycles. The first-order valence-electron chi connectivity index (χ1n) is 9.15. The monoisotopic (exact) mass is 361 g/mol. The van der Waals surface area contributed by atoms with E-state index in [1.54, 1.807) is 17.4 Å². The lowest BCUT2D eigenvalue weighted by Gasteiger charge is -2.31. The van der Waals surface area contributed by atoms with Crippen molar-refractivity contribution in [2.45, 2.75) is 59.0 Å². The molecule has 6 heteroatoms. The van der Waals surface area contributed by atoms with Crippen molar-refractivity contribution in [2.24, 2.45) is 0 Å². The van der Waals surface area contributed by atoms with Crippen molar-refractivity contribution in [1.29, 1.82) is 0 Å². The third kappa shape index (κ3) is 4.30. The van der Waals surface area contributed by atoms with Crippen LogP contribution in [0, 0.1) is 6.92 Å². The summed E-state index contributed by atoms with van der Waals surface area (Å²) in [4.78, 5) is 20.4. The van der Waals surface area contributed by atoms with E-state index in [4.69, 9.17) is 4.42 Å². The molecule has 0 bridgehead atoms. The lowest BCUT2D eigenvalue weighted by molar-refractivity contribution is 0.0914. The molecule has 2 aromatic rings. The number of aromatic nitrogens is 1. The predicted molar refractivity (Wildman–Crippen MR) is 99.9 cm³/mol. The first-order valence-corrected chi connectivity index (χ1v) is 9.97. The molecular weight excluding hydrogens is 334 g/mol. The Kier molecular flexibility index (Phi) is 5.91. The minimum Gasteiger partial charge on any atom is -0.454 e. The van der Waals surface area contributed by atoms with E-state index in [0.717, 1.165) is 40.8 Å². The zero-order chi connectivity index (χ0) is 17.8. The largest absolute Gasteiger partial charge is 0.454 e. The average Bonchev–Trinajstić information content (AvgIpc) is 3.26. The Morgan fingerprint density at radius 3 is 2.80 bits per heavy atom. The summed E-state index contributed by atoms with van der Waals surface area (Å²) in [7, 11) is 0. The van der Waals surface area contributed by atoms with Gasteiger partial charge in [0.15, 0.2) is 5.76 Å². The number of carbonyl (C=O) groups excluding carboxylic acids is 1. The number of thiazole rings is 1. The molecule has 1 fully saturated rings. The van der Waals surface area contributed by atoms with Crippen molar-refractivity contribution in [3.8, 4) is 0 Å². The maximum absolute atomic E-state index is 12.4. The van der Waals surface area contributed by atoms with Gasteiger partial charge >= 0.3 is 0 Å². The molecule has 0 aliphatic carbocycles. The van der Waals surface area contributed by atoms with Crippen molar-refractivity contribution in [3.63, 3.8) is 0 Å². The van der Waals surface area contributed by atoms with Gasteiger partial charge in [0.25, 0.3) is 5.91 Å². The fourth-order valence-electron chi connectivity index (χ4n) is 3.24. The average molecular weight is 362 g/mol. The van der Waals surface area contributed by atoms with Crippen molar-refractivity contribution in [3.05, 3.63) is 39.2 Å². The normalized spacial score (nSPS) is 16.8. The third-order valence-corrected chi connectivity index (χ3v) is 6.15. The molecule has 0 spiro atoms. The van der Waals surface area contributed by atoms with E-state index in [1.165, 1.54) is 19.3 Å². The van der Waals surface area contributed by atoms with Gasteiger partial charge in [-0.1, -0.05) is 13.3 Å². The number of likely N-dealkylation sites (tertiary alicyclic amines) is 1. The number of aryl methyl sites for hydroxylation is 2. The molecule has 1 aliphatic heterocycles. The van der Waals surface area contributed by atoms with Crippen LogP contribution in [0.15, 0.2) is 16.5 Å². The Morgan fingerprint density at radius 2 is 2.12 bits per heavy atom. The lowest BCUT2D eigenvalue weighted by atomic mass is 10.1. The fourth-order valence-corrected chi connectivity index (χ4v) is 4.19. The molecule has 0 unspecified atom stereocenters. The minimum atomic E-state index is -0.164. The van der Waals surface area contributed by atoms with Gasteiger partial charge in [0.05, 0.1) is 23.3 Å². The van der Waals surface area contributed by atoms with Crippen LogP contribution in [0.25, 0.3) is 0 Å². The number of furan rings is 1. The molecule has 0 radical (unpaired) electrons. The molecule has 3 rings (SSSR count). The Morgan fingerprint density at radius 1 is 1.36 bits per heavy atom. The molecular formula is C19H27N3O2S. The number of piperidine rings is 1. The van der Waals surface area contributed by atoms with Crippen LogP contribution in [0.1, 0.15) is 71.0 Å². The molecule has 5 nitrogen and oxygen atoms in total. The number of amides is 1. The summed E-state index contributed by atoms with van der Waals surface area (Å²) in [5.41, 5.74) is 1.00. The van der Waals surface area contributed by atoms with E-state index < -0.39 is 0 Å². The summed E-state index contributed by atoms with van der Waals surface area (Å²) in [5, 5.41) is 4.06. The van der Waals surface area contributed by atoms with Gasteiger partial charge in [0, 0.05) is 4.88 Å². The van der Waals surface area contributed by atoms with E-state index >= 15 is 0 Å². The van der Waals surface area contributed by atoms with E-state index in [-0.39, 0.29) is 11.9 Å². The summed E-state index contributed by atoms with van der Waals surface area (Å²) in [5.74, 6) is 1.09. The van der Waals surface area contributed by atoms with Crippen molar-refractivity contribution in [2.75, 3.05) is 13.1 Å². The van der Waals surface area contributed by atoms with Crippen LogP contribution < -0.4 is 5.32 Å². The van der Waals surface area contributed by atoms with Gasteiger partial charge in [-0.25, -0.2) is 4.98 Å². The topological polar surface area (TPSA) is 58.4 Å². The maximum atomic E-state index is 12.4. The highest BCUT2D eigenvalue weighted by atomic mass is 32.1. The Bertz CT molecular complexity index is 716. The number of nitrogens with one attached hydrogen (secondary N) is 1. The summed E-state index contributed by atoms with van der Waals surface area (Å²) in [6.45, 7) is 8.94. The number of hydrogen-bond acceptors (Lipinski definition) is 5. The van der Waals surface area contributed by atoms with Gasteiger partial charge in [-0.05, 0) is 58.3 Å². The summed E-state index contributed by atoms with van der Waals surface area (Å²) in [6, 6.07) is 3.93. The highest BCUT2D eigenvalue weighted by molar-refractivity contribution is 7.11. The molecule has 3 heterocycles. The molecule has 1 amide bonds. The van der Waals surface area contributed by atoms with Crippen LogP contribution in [-0.2, 0) is 13.0 Å². The van der Waals surface area contributed by atoms with Gasteiger partial charge in [-0.2, -0.15) is 0 Å². The predicted octanol–water partition coefficient (Wildman–Crippen LogP) is 4.08. The van der Waals surface area contributed by atoms with Crippen LogP contribution in [0.2, 0.25) is 0 Å². The van der Waals surface area contributed by atoms with Crippen molar-refractivity contribution in [1.82, 2.24) is 15.2 Å². The van der Waals surface area contributed by atoms with Gasteiger partial charge in [-0.3, -0.25) is 9.69 Å². The minimum absolute atomic E-state index is 0.164. The van der Waals surface area contributed by atoms with Crippen LogP contribution in [0.3, 0.4) is 0 Å². The quantitative estimate of drug-likeness (QED) is 0.842. The highest BCUT2D eigenvalue weighted by Crippen LogP contribution is 2.26. The SMILES string of the molecule is CCc1nc(C)c(CNC(=O)c2ccc([C@@H](C)N3CCCCC3)o2)s1. The summed E-state index contributed by atoms with van der Waals surface area (Å²) >= 11 is 1.66. The second-order valence-corrected chi connectivity index (χ2v) is 7.80. The lowest BCUT2D eigenvalue weighted by Crippen LogP contribution is -2.32. The first kappa shape index (κ1) is 18.1. The Hall–Kier alpha value is -1.66. The molecule has 1 aliphatic rings. The molecule has 25 heavy (non-hydrogen) atoms. The second-order valence-electron chi connectivity index (χ2n) is 6.63. The maximum Gasteiger partial charge on any atom is 0.287 e. The third-order valence-electron chi connectivity index (χ3n) is 4.85. The fraction of sp³-hybridized carbons (Fsp3) is 0.579. The summed E-state index contributed by atoms with van der Waals surface area (Å²) < 4.78 is 5.84. The number of rotatable bonds is 6. The van der Waals surface area contributed by atoms with E-state index in [0.29, 0.717) is 12.3 Å². The smallest absolute Gasteiger partial charge is 0.287 e. The van der Waals surface area contributed by atoms with Crippen molar-refractivity contribution < 1.29 is 9.21 Å².